The molecule has 0 aliphatic heterocycles. The van der Waals surface area contributed by atoms with Crippen LogP contribution in [-0.4, -0.2) is 73.4 Å². The first kappa shape index (κ1) is 76.2. The molecule has 3 atom stereocenters. The molecular weight excluding hydrogens is 972 g/mol. The van der Waals surface area contributed by atoms with Crippen LogP contribution in [-0.2, 0) is 18.4 Å². The van der Waals surface area contributed by atoms with Gasteiger partial charge in [-0.1, -0.05) is 353 Å². The van der Waals surface area contributed by atoms with Gasteiger partial charge in [0.2, 0.25) is 5.91 Å². The van der Waals surface area contributed by atoms with Crippen LogP contribution in [0.25, 0.3) is 0 Å². The lowest BCUT2D eigenvalue weighted by molar-refractivity contribution is -0.870. The number of phosphoric acid groups is 1. The number of quaternary nitrogens is 1. The Balaban J connectivity index is 4.04. The van der Waals surface area contributed by atoms with Crippen molar-refractivity contribution in [1.29, 1.82) is 0 Å². The summed E-state index contributed by atoms with van der Waals surface area (Å²) in [5, 5.41) is 14.0. The first-order chi connectivity index (χ1) is 37.5. The highest BCUT2D eigenvalue weighted by molar-refractivity contribution is 7.47. The van der Waals surface area contributed by atoms with Crippen LogP contribution in [0.1, 0.15) is 367 Å². The third-order valence-corrected chi connectivity index (χ3v) is 17.2. The zero-order chi connectivity index (χ0) is 56.3. The van der Waals surface area contributed by atoms with E-state index in [4.69, 9.17) is 9.05 Å². The van der Waals surface area contributed by atoms with Crippen LogP contribution in [0.15, 0.2) is 12.2 Å². The summed E-state index contributed by atoms with van der Waals surface area (Å²) in [4.78, 5) is 23.4. The monoisotopic (exact) mass is 1110 g/mol. The fourth-order valence-electron chi connectivity index (χ4n) is 10.9. The van der Waals surface area contributed by atoms with Crippen LogP contribution in [0.3, 0.4) is 0 Å². The Labute approximate surface area is 482 Å². The average Bonchev–Trinajstić information content (AvgIpc) is 3.39. The van der Waals surface area contributed by atoms with E-state index >= 15 is 0 Å². The maximum absolute atomic E-state index is 13.0. The molecule has 0 fully saturated rings. The Morgan fingerprint density at radius 1 is 0.429 bits per heavy atom. The molecule has 0 aromatic heterocycles. The molecule has 0 aliphatic rings. The van der Waals surface area contributed by atoms with E-state index in [2.05, 4.69) is 19.2 Å². The summed E-state index contributed by atoms with van der Waals surface area (Å²) in [5.41, 5.74) is 0. The number of carbonyl (C=O) groups is 1. The van der Waals surface area contributed by atoms with Gasteiger partial charge in [0, 0.05) is 6.42 Å². The topological polar surface area (TPSA) is 105 Å². The van der Waals surface area contributed by atoms with Gasteiger partial charge in [0.1, 0.15) is 13.2 Å². The van der Waals surface area contributed by atoms with E-state index in [0.717, 1.165) is 32.1 Å². The van der Waals surface area contributed by atoms with Crippen LogP contribution < -0.4 is 5.32 Å². The lowest BCUT2D eigenvalue weighted by Crippen LogP contribution is -2.45. The molecule has 0 radical (unpaired) electrons. The molecule has 9 heteroatoms. The highest BCUT2D eigenvalue weighted by atomic mass is 31.2. The molecule has 1 amide bonds. The number of likely N-dealkylation sites (N-methyl/N-ethyl adjacent to an activating group) is 1. The molecule has 0 aromatic carbocycles. The highest BCUT2D eigenvalue weighted by Crippen LogP contribution is 2.43. The lowest BCUT2D eigenvalue weighted by Gasteiger charge is -2.25. The van der Waals surface area contributed by atoms with Crippen molar-refractivity contribution in [1.82, 2.24) is 5.32 Å². The SMILES string of the molecule is CCCCCCCCCCCCCCCCCCCCCCCCCCCCCCC/C=C/C(O)C(COP(=O)(O)OCC[N+](C)(C)C)NC(=O)CCCCCCCCCCCCCCCCCCCCCCCCCC. The van der Waals surface area contributed by atoms with Crippen molar-refractivity contribution in [3.05, 3.63) is 12.2 Å². The fourth-order valence-corrected chi connectivity index (χ4v) is 11.6. The molecule has 0 bridgehead atoms. The standard InChI is InChI=1S/C68H137N2O6P/c1-6-8-10-12-14-16-18-20-22-24-26-28-30-32-33-34-35-36-37-38-39-41-43-45-47-49-51-53-55-57-59-61-67(71)66(65-76-77(73,74)75-64-63-70(3,4)5)69-68(72)62-60-58-56-54-52-50-48-46-44-42-40-31-29-27-25-23-21-19-17-15-13-11-9-7-2/h59,61,66-67,71H,6-58,60,62-65H2,1-5H3,(H-,69,72,73,74)/p+1/b61-59+. The maximum atomic E-state index is 13.0. The zero-order valence-electron chi connectivity index (χ0n) is 52.7. The molecule has 0 spiro atoms. The minimum absolute atomic E-state index is 0.0655. The van der Waals surface area contributed by atoms with E-state index in [9.17, 15) is 19.4 Å². The second-order valence-corrected chi connectivity index (χ2v) is 26.7. The molecule has 0 saturated carbocycles. The van der Waals surface area contributed by atoms with Crippen LogP contribution in [0.4, 0.5) is 0 Å². The predicted octanol–water partition coefficient (Wildman–Crippen LogP) is 21.7. The van der Waals surface area contributed by atoms with Crippen LogP contribution in [0.5, 0.6) is 0 Å². The number of carbonyl (C=O) groups excluding carboxylic acids is 1. The molecule has 0 aromatic rings. The second-order valence-electron chi connectivity index (χ2n) is 25.3. The number of aliphatic hydroxyl groups excluding tert-OH is 1. The highest BCUT2D eigenvalue weighted by Gasteiger charge is 2.28. The van der Waals surface area contributed by atoms with E-state index in [1.165, 1.54) is 315 Å². The molecule has 77 heavy (non-hydrogen) atoms. The Morgan fingerprint density at radius 3 is 0.961 bits per heavy atom. The van der Waals surface area contributed by atoms with Crippen molar-refractivity contribution >= 4 is 13.7 Å². The second kappa shape index (κ2) is 59.8. The molecule has 460 valence electrons. The Kier molecular flexibility index (Phi) is 59.3. The predicted molar refractivity (Wildman–Crippen MR) is 337 cm³/mol. The summed E-state index contributed by atoms with van der Waals surface area (Å²) >= 11 is 0. The van der Waals surface area contributed by atoms with Crippen molar-refractivity contribution in [2.75, 3.05) is 40.9 Å². The number of rotatable bonds is 65. The van der Waals surface area contributed by atoms with E-state index in [-0.39, 0.29) is 19.1 Å². The van der Waals surface area contributed by atoms with E-state index in [1.807, 2.05) is 27.2 Å². The van der Waals surface area contributed by atoms with Gasteiger partial charge in [-0.25, -0.2) is 4.57 Å². The van der Waals surface area contributed by atoms with Gasteiger partial charge in [-0.15, -0.1) is 0 Å². The van der Waals surface area contributed by atoms with Gasteiger partial charge >= 0.3 is 7.82 Å². The summed E-state index contributed by atoms with van der Waals surface area (Å²) < 4.78 is 23.8. The first-order valence-electron chi connectivity index (χ1n) is 34.6. The van der Waals surface area contributed by atoms with Gasteiger partial charge in [0.05, 0.1) is 39.9 Å². The summed E-state index contributed by atoms with van der Waals surface area (Å²) in [5.74, 6) is -0.167. The fraction of sp³-hybridized carbons (Fsp3) is 0.956. The van der Waals surface area contributed by atoms with Crippen LogP contribution >= 0.6 is 7.82 Å². The molecule has 0 aliphatic carbocycles. The van der Waals surface area contributed by atoms with E-state index in [1.54, 1.807) is 6.08 Å². The summed E-state index contributed by atoms with van der Waals surface area (Å²) in [6.07, 6.45) is 76.4. The van der Waals surface area contributed by atoms with Gasteiger partial charge in [-0.3, -0.25) is 13.8 Å². The number of aliphatic hydroxyl groups is 1. The number of hydrogen-bond donors (Lipinski definition) is 3. The summed E-state index contributed by atoms with van der Waals surface area (Å²) in [6, 6.07) is -0.843. The molecule has 0 heterocycles. The number of nitrogens with one attached hydrogen (secondary N) is 1. The van der Waals surface area contributed by atoms with Gasteiger partial charge in [-0.05, 0) is 19.3 Å². The van der Waals surface area contributed by atoms with Crippen molar-refractivity contribution in [2.45, 2.75) is 379 Å². The normalized spacial score (nSPS) is 13.7. The van der Waals surface area contributed by atoms with Crippen LogP contribution in [0, 0.1) is 0 Å². The number of unbranched alkanes of at least 4 members (excludes halogenated alkanes) is 52. The summed E-state index contributed by atoms with van der Waals surface area (Å²) in [7, 11) is 1.60. The summed E-state index contributed by atoms with van der Waals surface area (Å²) in [6.45, 7) is 4.89. The zero-order valence-corrected chi connectivity index (χ0v) is 53.6. The van der Waals surface area contributed by atoms with E-state index in [0.29, 0.717) is 17.4 Å². The lowest BCUT2D eigenvalue weighted by atomic mass is 10.0. The quantitative estimate of drug-likeness (QED) is 0.0243. The van der Waals surface area contributed by atoms with Crippen molar-refractivity contribution in [2.24, 2.45) is 0 Å². The number of phosphoric ester groups is 1. The molecule has 0 saturated heterocycles. The van der Waals surface area contributed by atoms with Gasteiger partial charge < -0.3 is 19.8 Å². The Hall–Kier alpha value is -0.760. The first-order valence-corrected chi connectivity index (χ1v) is 36.1. The number of nitrogens with zero attached hydrogens (tertiary/aromatic N) is 1. The van der Waals surface area contributed by atoms with Gasteiger partial charge in [0.15, 0.2) is 0 Å². The number of allylic oxidation sites excluding steroid dienone is 1. The smallest absolute Gasteiger partial charge is 0.387 e. The largest absolute Gasteiger partial charge is 0.472 e. The molecule has 3 unspecified atom stereocenters. The molecule has 8 nitrogen and oxygen atoms in total. The van der Waals surface area contributed by atoms with Crippen molar-refractivity contribution in [3.8, 4) is 0 Å². The number of amides is 1. The van der Waals surface area contributed by atoms with E-state index < -0.39 is 20.0 Å². The van der Waals surface area contributed by atoms with Crippen molar-refractivity contribution in [3.63, 3.8) is 0 Å². The minimum atomic E-state index is -4.35. The van der Waals surface area contributed by atoms with Gasteiger partial charge in [0.25, 0.3) is 0 Å². The molecule has 0 rings (SSSR count). The minimum Gasteiger partial charge on any atom is -0.387 e. The van der Waals surface area contributed by atoms with Crippen LogP contribution in [0.2, 0.25) is 0 Å². The van der Waals surface area contributed by atoms with Crippen molar-refractivity contribution < 1.29 is 32.9 Å². The number of hydrogen-bond acceptors (Lipinski definition) is 5. The Morgan fingerprint density at radius 2 is 0.688 bits per heavy atom. The third kappa shape index (κ3) is 62.7. The molecular formula is C68H138N2O6P+. The van der Waals surface area contributed by atoms with Gasteiger partial charge in [-0.2, -0.15) is 0 Å². The maximum Gasteiger partial charge on any atom is 0.472 e. The third-order valence-electron chi connectivity index (χ3n) is 16.3. The molecule has 3 N–H and O–H groups in total. The average molecular weight is 1110 g/mol. The Bertz CT molecular complexity index is 1260.